The van der Waals surface area contributed by atoms with Crippen molar-refractivity contribution >= 4 is 0 Å². The molecule has 13 heavy (non-hydrogen) atoms. The molecular weight excluding hydrogens is 162 g/mol. The van der Waals surface area contributed by atoms with Gasteiger partial charge in [-0.1, -0.05) is 29.8 Å². The summed E-state index contributed by atoms with van der Waals surface area (Å²) in [6, 6.07) is 10.0. The Morgan fingerprint density at radius 3 is 2.54 bits per heavy atom. The van der Waals surface area contributed by atoms with Gasteiger partial charge in [0, 0.05) is 0 Å². The molecule has 1 atom stereocenters. The number of benzene rings is 1. The van der Waals surface area contributed by atoms with Crippen LogP contribution in [0.1, 0.15) is 23.6 Å². The van der Waals surface area contributed by atoms with E-state index in [0.29, 0.717) is 6.42 Å². The quantitative estimate of drug-likeness (QED) is 0.539. The van der Waals surface area contributed by atoms with Crippen molar-refractivity contribution in [3.05, 3.63) is 35.4 Å². The molecule has 0 saturated heterocycles. The predicted molar refractivity (Wildman–Crippen MR) is 51.5 cm³/mol. The average Bonchev–Trinajstić information content (AvgIpc) is 2.16. The summed E-state index contributed by atoms with van der Waals surface area (Å²) in [6.45, 7) is 2.03. The number of aryl methyl sites for hydroxylation is 1. The lowest BCUT2D eigenvalue weighted by Crippen LogP contribution is -2.27. The van der Waals surface area contributed by atoms with Crippen molar-refractivity contribution in [2.75, 3.05) is 0 Å². The fourth-order valence-electron chi connectivity index (χ4n) is 1.16. The number of hydrogen-bond donors (Lipinski definition) is 2. The van der Waals surface area contributed by atoms with Gasteiger partial charge in [-0.25, -0.2) is 0 Å². The van der Waals surface area contributed by atoms with Crippen molar-refractivity contribution in [2.45, 2.75) is 19.4 Å². The molecule has 0 heterocycles. The van der Waals surface area contributed by atoms with Crippen LogP contribution in [0.25, 0.3) is 0 Å². The molecular formula is C10H13N3. The Morgan fingerprint density at radius 1 is 1.46 bits per heavy atom. The van der Waals surface area contributed by atoms with Gasteiger partial charge in [-0.3, -0.25) is 11.3 Å². The van der Waals surface area contributed by atoms with Gasteiger partial charge in [0.1, 0.15) is 0 Å². The molecule has 3 heteroatoms. The van der Waals surface area contributed by atoms with Gasteiger partial charge in [-0.15, -0.1) is 0 Å². The van der Waals surface area contributed by atoms with Crippen LogP contribution in [0.3, 0.4) is 0 Å². The van der Waals surface area contributed by atoms with E-state index < -0.39 is 0 Å². The zero-order valence-corrected chi connectivity index (χ0v) is 7.62. The first-order valence-electron chi connectivity index (χ1n) is 4.17. The van der Waals surface area contributed by atoms with Crippen LogP contribution < -0.4 is 11.3 Å². The summed E-state index contributed by atoms with van der Waals surface area (Å²) in [6.07, 6.45) is 0.388. The third-order valence-corrected chi connectivity index (χ3v) is 1.98. The number of nitrogens with two attached hydrogens (primary N) is 1. The summed E-state index contributed by atoms with van der Waals surface area (Å²) in [7, 11) is 0. The van der Waals surface area contributed by atoms with Gasteiger partial charge in [0.2, 0.25) is 0 Å². The van der Waals surface area contributed by atoms with Crippen molar-refractivity contribution in [1.82, 2.24) is 5.43 Å². The highest BCUT2D eigenvalue weighted by Gasteiger charge is 2.07. The second kappa shape index (κ2) is 4.61. The van der Waals surface area contributed by atoms with Crippen molar-refractivity contribution in [2.24, 2.45) is 5.84 Å². The van der Waals surface area contributed by atoms with E-state index in [9.17, 15) is 0 Å². The highest BCUT2D eigenvalue weighted by molar-refractivity contribution is 5.24. The highest BCUT2D eigenvalue weighted by Crippen LogP contribution is 2.15. The van der Waals surface area contributed by atoms with Crippen molar-refractivity contribution in [1.29, 1.82) is 5.26 Å². The minimum Gasteiger partial charge on any atom is -0.271 e. The molecule has 0 aliphatic carbocycles. The van der Waals surface area contributed by atoms with Crippen molar-refractivity contribution < 1.29 is 0 Å². The number of nitrogens with zero attached hydrogens (tertiary/aromatic N) is 1. The first-order chi connectivity index (χ1) is 6.27. The maximum Gasteiger partial charge on any atom is 0.0642 e. The lowest BCUT2D eigenvalue weighted by Gasteiger charge is -2.12. The molecule has 0 unspecified atom stereocenters. The van der Waals surface area contributed by atoms with Gasteiger partial charge >= 0.3 is 0 Å². The normalized spacial score (nSPS) is 12.1. The SMILES string of the molecule is Cc1ccc([C@H](CC#N)NN)cc1. The van der Waals surface area contributed by atoms with Gasteiger partial charge in [-0.2, -0.15) is 5.26 Å². The lowest BCUT2D eigenvalue weighted by molar-refractivity contribution is 0.565. The molecule has 3 nitrogen and oxygen atoms in total. The predicted octanol–water partition coefficient (Wildman–Crippen LogP) is 1.41. The topological polar surface area (TPSA) is 61.8 Å². The Hall–Kier alpha value is -1.37. The Morgan fingerprint density at radius 2 is 2.08 bits per heavy atom. The van der Waals surface area contributed by atoms with Gasteiger partial charge in [0.25, 0.3) is 0 Å². The smallest absolute Gasteiger partial charge is 0.0642 e. The summed E-state index contributed by atoms with van der Waals surface area (Å²) < 4.78 is 0. The summed E-state index contributed by atoms with van der Waals surface area (Å²) in [5.74, 6) is 5.33. The third-order valence-electron chi connectivity index (χ3n) is 1.98. The molecule has 1 rings (SSSR count). The van der Waals surface area contributed by atoms with E-state index in [1.54, 1.807) is 0 Å². The Balaban J connectivity index is 2.80. The molecule has 0 aliphatic rings. The lowest BCUT2D eigenvalue weighted by atomic mass is 10.0. The molecule has 68 valence electrons. The highest BCUT2D eigenvalue weighted by atomic mass is 15.2. The zero-order valence-electron chi connectivity index (χ0n) is 7.62. The van der Waals surface area contributed by atoms with E-state index in [1.807, 2.05) is 31.2 Å². The zero-order chi connectivity index (χ0) is 9.68. The molecule has 3 N–H and O–H groups in total. The Kier molecular flexibility index (Phi) is 3.44. The van der Waals surface area contributed by atoms with Gasteiger partial charge in [-0.05, 0) is 12.5 Å². The first kappa shape index (κ1) is 9.72. The van der Waals surface area contributed by atoms with Gasteiger partial charge in [0.15, 0.2) is 0 Å². The maximum absolute atomic E-state index is 8.54. The number of hydrazine groups is 1. The third kappa shape index (κ3) is 2.55. The van der Waals surface area contributed by atoms with Gasteiger partial charge < -0.3 is 0 Å². The standard InChI is InChI=1S/C10H13N3/c1-8-2-4-9(5-3-8)10(13-12)6-7-11/h2-5,10,13H,6,12H2,1H3/t10-/m0/s1. The first-order valence-corrected chi connectivity index (χ1v) is 4.17. The van der Waals surface area contributed by atoms with Crippen LogP contribution in [0.2, 0.25) is 0 Å². The van der Waals surface area contributed by atoms with Crippen LogP contribution in [0.15, 0.2) is 24.3 Å². The van der Waals surface area contributed by atoms with Crippen molar-refractivity contribution in [3.8, 4) is 6.07 Å². The van der Waals surface area contributed by atoms with E-state index in [1.165, 1.54) is 5.56 Å². The minimum absolute atomic E-state index is 0.0643. The minimum atomic E-state index is -0.0643. The van der Waals surface area contributed by atoms with E-state index in [2.05, 4.69) is 11.5 Å². The van der Waals surface area contributed by atoms with Crippen LogP contribution in [-0.4, -0.2) is 0 Å². The molecule has 0 aliphatic heterocycles. The fraction of sp³-hybridized carbons (Fsp3) is 0.300. The molecule has 0 amide bonds. The van der Waals surface area contributed by atoms with Gasteiger partial charge in [0.05, 0.1) is 18.5 Å². The number of hydrogen-bond acceptors (Lipinski definition) is 3. The molecule has 1 aromatic rings. The largest absolute Gasteiger partial charge is 0.271 e. The van der Waals surface area contributed by atoms with Crippen LogP contribution in [0, 0.1) is 18.3 Å². The monoisotopic (exact) mass is 175 g/mol. The summed E-state index contributed by atoms with van der Waals surface area (Å²) in [5, 5.41) is 8.54. The molecule has 0 fully saturated rings. The van der Waals surface area contributed by atoms with Crippen LogP contribution >= 0.6 is 0 Å². The number of nitrogens with one attached hydrogen (secondary N) is 1. The van der Waals surface area contributed by atoms with E-state index >= 15 is 0 Å². The Labute approximate surface area is 78.1 Å². The number of nitriles is 1. The second-order valence-electron chi connectivity index (χ2n) is 2.99. The van der Waals surface area contributed by atoms with Crippen molar-refractivity contribution in [3.63, 3.8) is 0 Å². The molecule has 0 bridgehead atoms. The molecule has 0 radical (unpaired) electrons. The molecule has 0 saturated carbocycles. The molecule has 1 aromatic carbocycles. The summed E-state index contributed by atoms with van der Waals surface area (Å²) >= 11 is 0. The van der Waals surface area contributed by atoms with E-state index in [0.717, 1.165) is 5.56 Å². The Bertz CT molecular complexity index is 297. The van der Waals surface area contributed by atoms with E-state index in [4.69, 9.17) is 11.1 Å². The van der Waals surface area contributed by atoms with Crippen LogP contribution in [0.5, 0.6) is 0 Å². The average molecular weight is 175 g/mol. The second-order valence-corrected chi connectivity index (χ2v) is 2.99. The fourth-order valence-corrected chi connectivity index (χ4v) is 1.16. The summed E-state index contributed by atoms with van der Waals surface area (Å²) in [5.41, 5.74) is 4.87. The molecule has 0 spiro atoms. The number of rotatable bonds is 3. The van der Waals surface area contributed by atoms with E-state index in [-0.39, 0.29) is 6.04 Å². The maximum atomic E-state index is 8.54. The van der Waals surface area contributed by atoms with Crippen LogP contribution in [0.4, 0.5) is 0 Å². The molecule has 0 aromatic heterocycles. The van der Waals surface area contributed by atoms with Crippen LogP contribution in [-0.2, 0) is 0 Å². The summed E-state index contributed by atoms with van der Waals surface area (Å²) in [4.78, 5) is 0.